The van der Waals surface area contributed by atoms with Crippen molar-refractivity contribution in [1.29, 1.82) is 5.26 Å². The van der Waals surface area contributed by atoms with E-state index in [1.807, 2.05) is 0 Å². The second kappa shape index (κ2) is 7.03. The summed E-state index contributed by atoms with van der Waals surface area (Å²) in [7, 11) is 4.62. The first-order valence-corrected chi connectivity index (χ1v) is 7.63. The highest BCUT2D eigenvalue weighted by molar-refractivity contribution is 5.80. The van der Waals surface area contributed by atoms with Gasteiger partial charge in [0.25, 0.3) is 0 Å². The predicted octanol–water partition coefficient (Wildman–Crippen LogP) is 2.62. The molecular formula is C18H17N5O3. The van der Waals surface area contributed by atoms with Crippen molar-refractivity contribution in [2.45, 2.75) is 0 Å². The summed E-state index contributed by atoms with van der Waals surface area (Å²) in [5, 5.41) is 16.1. The Bertz CT molecular complexity index is 952. The van der Waals surface area contributed by atoms with Crippen molar-refractivity contribution in [2.75, 3.05) is 27.1 Å². The zero-order valence-electron chi connectivity index (χ0n) is 14.5. The number of pyridine rings is 1. The van der Waals surface area contributed by atoms with Gasteiger partial charge in [-0.3, -0.25) is 5.10 Å². The van der Waals surface area contributed by atoms with Crippen LogP contribution in [0.4, 0.5) is 5.82 Å². The molecule has 2 aromatic heterocycles. The van der Waals surface area contributed by atoms with Crippen LogP contribution in [0, 0.1) is 11.3 Å². The maximum Gasteiger partial charge on any atom is 0.203 e. The molecule has 132 valence electrons. The lowest BCUT2D eigenvalue weighted by atomic mass is 10.0. The lowest BCUT2D eigenvalue weighted by molar-refractivity contribution is 0.324. The van der Waals surface area contributed by atoms with E-state index >= 15 is 0 Å². The molecule has 0 bridgehead atoms. The number of hydrogen-bond acceptors (Lipinski definition) is 7. The summed E-state index contributed by atoms with van der Waals surface area (Å²) in [6.07, 6.45) is 3.31. The van der Waals surface area contributed by atoms with Gasteiger partial charge >= 0.3 is 0 Å². The number of methoxy groups -OCH3 is 3. The first-order valence-electron chi connectivity index (χ1n) is 7.63. The largest absolute Gasteiger partial charge is 0.493 e. The molecule has 0 aliphatic rings. The number of nitrogens with zero attached hydrogens (tertiary/aromatic N) is 3. The minimum atomic E-state index is 0.134. The molecule has 0 spiro atoms. The number of aromatic nitrogens is 3. The number of hydrogen-bond donors (Lipinski definition) is 2. The van der Waals surface area contributed by atoms with Crippen LogP contribution in [0.5, 0.6) is 17.2 Å². The van der Waals surface area contributed by atoms with Crippen LogP contribution in [0.15, 0.2) is 30.6 Å². The van der Waals surface area contributed by atoms with Gasteiger partial charge in [-0.1, -0.05) is 0 Å². The molecule has 0 atom stereocenters. The number of anilines is 1. The summed E-state index contributed by atoms with van der Waals surface area (Å²) >= 11 is 0. The van der Waals surface area contributed by atoms with Crippen LogP contribution in [0.1, 0.15) is 5.56 Å². The van der Waals surface area contributed by atoms with Gasteiger partial charge in [0.1, 0.15) is 17.5 Å². The zero-order chi connectivity index (χ0) is 18.7. The third-order valence-electron chi connectivity index (χ3n) is 3.93. The van der Waals surface area contributed by atoms with Gasteiger partial charge in [0.05, 0.1) is 33.2 Å². The quantitative estimate of drug-likeness (QED) is 0.725. The van der Waals surface area contributed by atoms with Gasteiger partial charge in [-0.05, 0) is 18.2 Å². The lowest BCUT2D eigenvalue weighted by Gasteiger charge is -2.15. The summed E-state index contributed by atoms with van der Waals surface area (Å²) < 4.78 is 16.1. The molecule has 26 heavy (non-hydrogen) atoms. The van der Waals surface area contributed by atoms with Gasteiger partial charge in [-0.2, -0.15) is 10.4 Å². The van der Waals surface area contributed by atoms with Crippen molar-refractivity contribution in [3.05, 3.63) is 36.2 Å². The molecule has 0 fully saturated rings. The monoisotopic (exact) mass is 351 g/mol. The van der Waals surface area contributed by atoms with E-state index in [4.69, 9.17) is 19.9 Å². The SMILES string of the molecule is COc1cc(-c2cc(-c3cn[nH]c3)c(C#N)c(N)n2)cc(OC)c1OC. The molecular weight excluding hydrogens is 334 g/mol. The van der Waals surface area contributed by atoms with E-state index in [0.717, 1.165) is 5.56 Å². The molecule has 8 nitrogen and oxygen atoms in total. The van der Waals surface area contributed by atoms with Gasteiger partial charge in [0.15, 0.2) is 11.5 Å². The molecule has 0 amide bonds. The lowest BCUT2D eigenvalue weighted by Crippen LogP contribution is -2.00. The van der Waals surface area contributed by atoms with E-state index in [2.05, 4.69) is 21.3 Å². The molecule has 2 heterocycles. The van der Waals surface area contributed by atoms with Crippen molar-refractivity contribution in [3.63, 3.8) is 0 Å². The second-order valence-corrected chi connectivity index (χ2v) is 5.33. The van der Waals surface area contributed by atoms with E-state index in [-0.39, 0.29) is 5.82 Å². The van der Waals surface area contributed by atoms with Crippen molar-refractivity contribution in [1.82, 2.24) is 15.2 Å². The van der Waals surface area contributed by atoms with E-state index in [0.29, 0.717) is 39.6 Å². The first kappa shape index (κ1) is 17.1. The van der Waals surface area contributed by atoms with E-state index in [1.165, 1.54) is 7.11 Å². The molecule has 3 rings (SSSR count). The topological polar surface area (TPSA) is 119 Å². The van der Waals surface area contributed by atoms with Crippen LogP contribution < -0.4 is 19.9 Å². The molecule has 3 aromatic rings. The summed E-state index contributed by atoms with van der Waals surface area (Å²) in [5.74, 6) is 1.61. The van der Waals surface area contributed by atoms with Crippen LogP contribution in [0.2, 0.25) is 0 Å². The number of nitrogen functional groups attached to an aromatic ring is 1. The molecule has 0 saturated carbocycles. The molecule has 0 aliphatic heterocycles. The molecule has 0 radical (unpaired) electrons. The van der Waals surface area contributed by atoms with Crippen LogP contribution in [-0.2, 0) is 0 Å². The van der Waals surface area contributed by atoms with Gasteiger partial charge < -0.3 is 19.9 Å². The van der Waals surface area contributed by atoms with Gasteiger partial charge in [0, 0.05) is 22.9 Å². The van der Waals surface area contributed by atoms with Gasteiger partial charge in [0.2, 0.25) is 5.75 Å². The number of ether oxygens (including phenoxy) is 3. The fraction of sp³-hybridized carbons (Fsp3) is 0.167. The number of nitrogens with two attached hydrogens (primary N) is 1. The van der Waals surface area contributed by atoms with E-state index < -0.39 is 0 Å². The summed E-state index contributed by atoms with van der Waals surface area (Å²) in [4.78, 5) is 4.36. The maximum atomic E-state index is 9.44. The van der Waals surface area contributed by atoms with E-state index in [9.17, 15) is 5.26 Å². The standard InChI is InChI=1S/C18H17N5O3/c1-24-15-4-10(5-16(25-2)17(15)26-3)14-6-12(11-8-21-22-9-11)13(7-19)18(20)23-14/h4-6,8-9H,1-3H3,(H2,20,23)(H,21,22). The van der Waals surface area contributed by atoms with Crippen LogP contribution in [0.3, 0.4) is 0 Å². The van der Waals surface area contributed by atoms with Crippen LogP contribution >= 0.6 is 0 Å². The third kappa shape index (κ3) is 2.86. The summed E-state index contributed by atoms with van der Waals surface area (Å²) in [6, 6.07) is 7.42. The summed E-state index contributed by atoms with van der Waals surface area (Å²) in [6.45, 7) is 0. The smallest absolute Gasteiger partial charge is 0.203 e. The number of rotatable bonds is 5. The van der Waals surface area contributed by atoms with Crippen molar-refractivity contribution in [3.8, 4) is 45.7 Å². The Kier molecular flexibility index (Phi) is 4.62. The normalized spacial score (nSPS) is 10.2. The second-order valence-electron chi connectivity index (χ2n) is 5.33. The molecule has 1 aromatic carbocycles. The highest BCUT2D eigenvalue weighted by Crippen LogP contribution is 2.41. The molecule has 8 heteroatoms. The maximum absolute atomic E-state index is 9.44. The average Bonchev–Trinajstić information content (AvgIpc) is 3.20. The Morgan fingerprint density at radius 2 is 1.73 bits per heavy atom. The number of H-pyrrole nitrogens is 1. The van der Waals surface area contributed by atoms with Crippen molar-refractivity contribution < 1.29 is 14.2 Å². The number of nitrogens with one attached hydrogen (secondary N) is 1. The number of nitriles is 1. The first-order chi connectivity index (χ1) is 12.6. The average molecular weight is 351 g/mol. The third-order valence-corrected chi connectivity index (χ3v) is 3.93. The minimum absolute atomic E-state index is 0.134. The fourth-order valence-electron chi connectivity index (χ4n) is 2.69. The summed E-state index contributed by atoms with van der Waals surface area (Å²) in [5.41, 5.74) is 8.97. The number of aromatic amines is 1. The van der Waals surface area contributed by atoms with Crippen molar-refractivity contribution in [2.24, 2.45) is 0 Å². The Labute approximate surface area is 150 Å². The number of benzene rings is 1. The highest BCUT2D eigenvalue weighted by Gasteiger charge is 2.18. The zero-order valence-corrected chi connectivity index (χ0v) is 14.5. The molecule has 0 saturated heterocycles. The molecule has 0 unspecified atom stereocenters. The van der Waals surface area contributed by atoms with Crippen LogP contribution in [-0.4, -0.2) is 36.5 Å². The van der Waals surface area contributed by atoms with Gasteiger partial charge in [-0.15, -0.1) is 0 Å². The molecule has 0 aliphatic carbocycles. The Morgan fingerprint density at radius 1 is 1.04 bits per heavy atom. The highest BCUT2D eigenvalue weighted by atomic mass is 16.5. The van der Waals surface area contributed by atoms with E-state index in [1.54, 1.807) is 44.8 Å². The minimum Gasteiger partial charge on any atom is -0.493 e. The van der Waals surface area contributed by atoms with Crippen molar-refractivity contribution >= 4 is 5.82 Å². The fourth-order valence-corrected chi connectivity index (χ4v) is 2.69. The van der Waals surface area contributed by atoms with Crippen LogP contribution in [0.25, 0.3) is 22.4 Å². The Morgan fingerprint density at radius 3 is 2.23 bits per heavy atom. The molecule has 3 N–H and O–H groups in total. The Balaban J connectivity index is 2.24. The van der Waals surface area contributed by atoms with Gasteiger partial charge in [-0.25, -0.2) is 4.98 Å². The predicted molar refractivity (Wildman–Crippen MR) is 96.0 cm³/mol. The Hall–Kier alpha value is -3.73.